The number of carbonyl (C=O) groups excluding carboxylic acids is 3. The lowest BCUT2D eigenvalue weighted by Crippen LogP contribution is -2.58. The van der Waals surface area contributed by atoms with Crippen molar-refractivity contribution >= 4 is 18.2 Å². The Morgan fingerprint density at radius 2 is 1.76 bits per heavy atom. The smallest absolute Gasteiger partial charge is 0.245 e. The summed E-state index contributed by atoms with van der Waals surface area (Å²) in [5, 5.41) is 22.5. The zero-order chi connectivity index (χ0) is 27.0. The van der Waals surface area contributed by atoms with Gasteiger partial charge in [-0.25, -0.2) is 5.06 Å². The summed E-state index contributed by atoms with van der Waals surface area (Å²) in [5.41, 5.74) is 0.308. The van der Waals surface area contributed by atoms with E-state index < -0.39 is 17.4 Å². The number of nitrogens with zero attached hydrogens (tertiary/aromatic N) is 2. The molecule has 0 aromatic heterocycles. The Morgan fingerprint density at radius 3 is 2.30 bits per heavy atom. The first kappa shape index (κ1) is 28.9. The molecule has 2 atom stereocenters. The van der Waals surface area contributed by atoms with E-state index in [1.54, 1.807) is 4.90 Å². The fourth-order valence-corrected chi connectivity index (χ4v) is 5.33. The van der Waals surface area contributed by atoms with Crippen LogP contribution in [0.25, 0.3) is 0 Å². The topological polar surface area (TPSA) is 119 Å². The summed E-state index contributed by atoms with van der Waals surface area (Å²) in [5.74, 6) is 0.127. The van der Waals surface area contributed by atoms with Crippen LogP contribution >= 0.6 is 0 Å². The molecular weight excluding hydrogens is 474 g/mol. The number of hydrogen-bond donors (Lipinski definition) is 3. The maximum Gasteiger partial charge on any atom is 0.245 e. The van der Waals surface area contributed by atoms with Gasteiger partial charge in [-0.2, -0.15) is 0 Å². The first-order chi connectivity index (χ1) is 17.6. The van der Waals surface area contributed by atoms with E-state index in [0.29, 0.717) is 49.7 Å². The fraction of sp³-hybridized carbons (Fsp3) is 0.679. The highest BCUT2D eigenvalue weighted by molar-refractivity contribution is 5.89. The molecule has 0 radical (unpaired) electrons. The van der Waals surface area contributed by atoms with E-state index >= 15 is 0 Å². The molecule has 1 saturated carbocycles. The standard InChI is InChI=1S/C28H43N3O6/c1-28(2,3)25(29-26(34)22(17-31(36)19-33)16-20-6-4-5-7-20)27(35)30-14-12-24(13-15-30)37-23-10-8-21(18-32)9-11-23/h8-11,19-20,22,24-25,32,36H,4-7,12-18H2,1-3H3,(H,29,34). The minimum Gasteiger partial charge on any atom is -0.490 e. The van der Waals surface area contributed by atoms with Crippen LogP contribution in [0.2, 0.25) is 0 Å². The van der Waals surface area contributed by atoms with Crippen LogP contribution in [0.1, 0.15) is 71.3 Å². The number of rotatable bonds is 11. The largest absolute Gasteiger partial charge is 0.490 e. The quantitative estimate of drug-likeness (QED) is 0.236. The van der Waals surface area contributed by atoms with Gasteiger partial charge in [0.05, 0.1) is 19.1 Å². The predicted molar refractivity (Wildman–Crippen MR) is 139 cm³/mol. The molecule has 0 spiro atoms. The number of aliphatic hydroxyl groups is 1. The molecule has 3 rings (SSSR count). The molecule has 9 nitrogen and oxygen atoms in total. The fourth-order valence-electron chi connectivity index (χ4n) is 5.33. The molecule has 0 bridgehead atoms. The van der Waals surface area contributed by atoms with Crippen LogP contribution in [0.4, 0.5) is 0 Å². The van der Waals surface area contributed by atoms with E-state index in [1.165, 1.54) is 0 Å². The maximum atomic E-state index is 13.6. The molecule has 1 saturated heterocycles. The highest BCUT2D eigenvalue weighted by Crippen LogP contribution is 2.31. The van der Waals surface area contributed by atoms with Gasteiger partial charge < -0.3 is 20.1 Å². The third kappa shape index (κ3) is 8.43. The third-order valence-corrected chi connectivity index (χ3v) is 7.55. The SMILES string of the molecule is CC(C)(C)C(NC(=O)C(CC1CCCC1)CN(O)C=O)C(=O)N1CCC(Oc2ccc(CO)cc2)CC1. The average molecular weight is 518 g/mol. The number of carbonyl (C=O) groups is 3. The predicted octanol–water partition coefficient (Wildman–Crippen LogP) is 3.12. The maximum absolute atomic E-state index is 13.6. The highest BCUT2D eigenvalue weighted by Gasteiger charge is 2.39. The molecule has 1 heterocycles. The summed E-state index contributed by atoms with van der Waals surface area (Å²) < 4.78 is 6.07. The second kappa shape index (κ2) is 13.2. The Hall–Kier alpha value is -2.65. The molecule has 3 N–H and O–H groups in total. The molecule has 9 heteroatoms. The molecule has 37 heavy (non-hydrogen) atoms. The summed E-state index contributed by atoms with van der Waals surface area (Å²) in [6.07, 6.45) is 6.60. The molecule has 2 unspecified atom stereocenters. The van der Waals surface area contributed by atoms with Crippen LogP contribution in [-0.4, -0.2) is 70.3 Å². The van der Waals surface area contributed by atoms with Crippen LogP contribution in [0.5, 0.6) is 5.75 Å². The monoisotopic (exact) mass is 517 g/mol. The van der Waals surface area contributed by atoms with Crippen molar-refractivity contribution in [1.29, 1.82) is 0 Å². The number of hydrogen-bond acceptors (Lipinski definition) is 6. The zero-order valence-corrected chi connectivity index (χ0v) is 22.4. The van der Waals surface area contributed by atoms with Crippen molar-refractivity contribution in [3.8, 4) is 5.75 Å². The van der Waals surface area contributed by atoms with Gasteiger partial charge >= 0.3 is 0 Å². The first-order valence-electron chi connectivity index (χ1n) is 13.5. The lowest BCUT2D eigenvalue weighted by Gasteiger charge is -2.39. The van der Waals surface area contributed by atoms with E-state index in [2.05, 4.69) is 5.32 Å². The molecule has 1 aliphatic carbocycles. The number of amides is 3. The lowest BCUT2D eigenvalue weighted by atomic mass is 9.84. The van der Waals surface area contributed by atoms with E-state index in [4.69, 9.17) is 4.74 Å². The Morgan fingerprint density at radius 1 is 1.14 bits per heavy atom. The van der Waals surface area contributed by atoms with E-state index in [0.717, 1.165) is 37.0 Å². The number of ether oxygens (including phenoxy) is 1. The van der Waals surface area contributed by atoms with Gasteiger partial charge in [0.15, 0.2) is 0 Å². The zero-order valence-electron chi connectivity index (χ0n) is 22.4. The van der Waals surface area contributed by atoms with Gasteiger partial charge in [0, 0.05) is 25.9 Å². The molecule has 1 aromatic carbocycles. The summed E-state index contributed by atoms with van der Waals surface area (Å²) in [4.78, 5) is 39.8. The average Bonchev–Trinajstić information content (AvgIpc) is 3.39. The minimum atomic E-state index is -0.724. The van der Waals surface area contributed by atoms with Crippen molar-refractivity contribution in [3.05, 3.63) is 29.8 Å². The van der Waals surface area contributed by atoms with Gasteiger partial charge in [0.25, 0.3) is 0 Å². The number of piperidine rings is 1. The molecule has 2 fully saturated rings. The summed E-state index contributed by atoms with van der Waals surface area (Å²) in [6, 6.07) is 6.62. The van der Waals surface area contributed by atoms with E-state index in [1.807, 2.05) is 45.0 Å². The van der Waals surface area contributed by atoms with Crippen LogP contribution < -0.4 is 10.1 Å². The number of benzene rings is 1. The molecule has 1 aromatic rings. The highest BCUT2D eigenvalue weighted by atomic mass is 16.5. The van der Waals surface area contributed by atoms with E-state index in [9.17, 15) is 24.7 Å². The summed E-state index contributed by atoms with van der Waals surface area (Å²) in [6.45, 7) is 6.75. The van der Waals surface area contributed by atoms with Crippen LogP contribution in [0, 0.1) is 17.3 Å². The second-order valence-electron chi connectivity index (χ2n) is 11.6. The summed E-state index contributed by atoms with van der Waals surface area (Å²) in [7, 11) is 0. The number of likely N-dealkylation sites (tertiary alicyclic amines) is 1. The Labute approximate surface area is 220 Å². The molecule has 1 aliphatic heterocycles. The molecule has 2 aliphatic rings. The molecular formula is C28H43N3O6. The number of aliphatic hydroxyl groups excluding tert-OH is 1. The van der Waals surface area contributed by atoms with Crippen LogP contribution in [0.3, 0.4) is 0 Å². The van der Waals surface area contributed by atoms with Gasteiger partial charge in [-0.15, -0.1) is 0 Å². The van der Waals surface area contributed by atoms with Gasteiger partial charge in [0.2, 0.25) is 18.2 Å². The van der Waals surface area contributed by atoms with Gasteiger partial charge in [-0.05, 0) is 35.4 Å². The Bertz CT molecular complexity index is 886. The first-order valence-corrected chi connectivity index (χ1v) is 13.5. The normalized spacial score (nSPS) is 18.8. The van der Waals surface area contributed by atoms with Crippen molar-refractivity contribution < 1.29 is 29.4 Å². The van der Waals surface area contributed by atoms with Crippen LogP contribution in [-0.2, 0) is 21.0 Å². The molecule has 3 amide bonds. The van der Waals surface area contributed by atoms with Crippen molar-refractivity contribution in [2.24, 2.45) is 17.3 Å². The van der Waals surface area contributed by atoms with E-state index in [-0.39, 0.29) is 31.1 Å². The third-order valence-electron chi connectivity index (χ3n) is 7.55. The Kier molecular flexibility index (Phi) is 10.3. The van der Waals surface area contributed by atoms with Crippen molar-refractivity contribution in [3.63, 3.8) is 0 Å². The van der Waals surface area contributed by atoms with Crippen LogP contribution in [0.15, 0.2) is 24.3 Å². The van der Waals surface area contributed by atoms with Crippen molar-refractivity contribution in [2.75, 3.05) is 19.6 Å². The van der Waals surface area contributed by atoms with Crippen molar-refractivity contribution in [1.82, 2.24) is 15.3 Å². The molecule has 206 valence electrons. The lowest BCUT2D eigenvalue weighted by molar-refractivity contribution is -0.156. The minimum absolute atomic E-state index is 0.0110. The van der Waals surface area contributed by atoms with Gasteiger partial charge in [-0.3, -0.25) is 19.6 Å². The van der Waals surface area contributed by atoms with Crippen molar-refractivity contribution in [2.45, 2.75) is 84.5 Å². The number of nitrogens with one attached hydrogen (secondary N) is 1. The summed E-state index contributed by atoms with van der Waals surface area (Å²) >= 11 is 0. The second-order valence-corrected chi connectivity index (χ2v) is 11.6. The van der Waals surface area contributed by atoms with Gasteiger partial charge in [-0.1, -0.05) is 58.6 Å². The Balaban J connectivity index is 1.60. The van der Waals surface area contributed by atoms with Gasteiger partial charge in [0.1, 0.15) is 17.9 Å². The number of hydroxylamine groups is 2.